The number of carbonyl (C=O) groups is 1. The number of halogens is 1. The van der Waals surface area contributed by atoms with Crippen LogP contribution in [0.15, 0.2) is 36.5 Å². The van der Waals surface area contributed by atoms with Crippen molar-refractivity contribution in [1.29, 1.82) is 0 Å². The topological polar surface area (TPSA) is 69.1 Å². The Morgan fingerprint density at radius 3 is 2.77 bits per heavy atom. The predicted molar refractivity (Wildman–Crippen MR) is 134 cm³/mol. The van der Waals surface area contributed by atoms with Crippen molar-refractivity contribution >= 4 is 5.91 Å². The van der Waals surface area contributed by atoms with E-state index in [0.29, 0.717) is 37.3 Å². The molecule has 0 spiro atoms. The zero-order chi connectivity index (χ0) is 25.5. The van der Waals surface area contributed by atoms with E-state index in [0.717, 1.165) is 5.56 Å². The van der Waals surface area contributed by atoms with E-state index in [-0.39, 0.29) is 42.3 Å². The van der Waals surface area contributed by atoms with Gasteiger partial charge in [0, 0.05) is 37.3 Å². The smallest absolute Gasteiger partial charge is 0.259 e. The molecule has 0 radical (unpaired) electrons. The average Bonchev–Trinajstić information content (AvgIpc) is 2.81. The summed E-state index contributed by atoms with van der Waals surface area (Å²) in [5, 5.41) is 9.82. The minimum absolute atomic E-state index is 0.0302. The maximum absolute atomic E-state index is 13.6. The highest BCUT2D eigenvalue weighted by molar-refractivity contribution is 5.97. The molecular formula is C27H35FN4O3. The summed E-state index contributed by atoms with van der Waals surface area (Å²) in [5.74, 6) is 5.86. The molecule has 2 aromatic rings. The second kappa shape index (κ2) is 12.1. The second-order valence-corrected chi connectivity index (χ2v) is 9.57. The number of rotatable bonds is 7. The number of nitrogens with zero attached hydrogens (tertiary/aromatic N) is 4. The Morgan fingerprint density at radius 2 is 2.09 bits per heavy atom. The van der Waals surface area contributed by atoms with E-state index in [1.807, 2.05) is 46.0 Å². The van der Waals surface area contributed by atoms with Crippen molar-refractivity contribution in [2.45, 2.75) is 32.5 Å². The maximum Gasteiger partial charge on any atom is 0.259 e. The van der Waals surface area contributed by atoms with Crippen molar-refractivity contribution in [3.8, 4) is 17.7 Å². The number of hydrogen-bond donors (Lipinski definition) is 1. The van der Waals surface area contributed by atoms with Gasteiger partial charge in [0.2, 0.25) is 5.88 Å². The van der Waals surface area contributed by atoms with Crippen molar-refractivity contribution in [3.63, 3.8) is 0 Å². The van der Waals surface area contributed by atoms with Crippen molar-refractivity contribution in [2.24, 2.45) is 5.92 Å². The van der Waals surface area contributed by atoms with E-state index < -0.39 is 0 Å². The van der Waals surface area contributed by atoms with Crippen molar-refractivity contribution in [2.75, 3.05) is 47.4 Å². The van der Waals surface area contributed by atoms with Gasteiger partial charge in [-0.05, 0) is 51.8 Å². The van der Waals surface area contributed by atoms with Crippen LogP contribution in [0.4, 0.5) is 4.39 Å². The molecule has 188 valence electrons. The lowest BCUT2D eigenvalue weighted by Crippen LogP contribution is -2.49. The van der Waals surface area contributed by atoms with Gasteiger partial charge in [-0.15, -0.1) is 0 Å². The Bertz CT molecular complexity index is 1080. The third-order valence-corrected chi connectivity index (χ3v) is 5.98. The molecule has 0 unspecified atom stereocenters. The lowest BCUT2D eigenvalue weighted by atomic mass is 9.99. The summed E-state index contributed by atoms with van der Waals surface area (Å²) in [5.41, 5.74) is 1.84. The van der Waals surface area contributed by atoms with Crippen LogP contribution < -0.4 is 4.74 Å². The summed E-state index contributed by atoms with van der Waals surface area (Å²) in [7, 11) is 5.83. The zero-order valence-electron chi connectivity index (χ0n) is 21.2. The highest BCUT2D eigenvalue weighted by Crippen LogP contribution is 2.27. The molecule has 1 amide bonds. The summed E-state index contributed by atoms with van der Waals surface area (Å²) in [4.78, 5) is 23.6. The van der Waals surface area contributed by atoms with Gasteiger partial charge in [-0.25, -0.2) is 9.37 Å². The Morgan fingerprint density at radius 1 is 1.31 bits per heavy atom. The standard InChI is InChI=1S/C27H35FN4O3/c1-19-15-32(20(2)18-33)27(34)24-13-21(9-7-11-30(3)4)14-29-26(24)35-25(19)17-31(5)16-22-8-6-10-23(28)12-22/h6,8,10,12-14,19-20,25,33H,11,15-18H2,1-5H3/t19-,20-,25+/m0/s1. The van der Waals surface area contributed by atoms with E-state index in [9.17, 15) is 14.3 Å². The number of aliphatic hydroxyl groups excluding tert-OH is 1. The van der Waals surface area contributed by atoms with Gasteiger partial charge < -0.3 is 14.7 Å². The molecule has 0 fully saturated rings. The first-order chi connectivity index (χ1) is 16.7. The summed E-state index contributed by atoms with van der Waals surface area (Å²) >= 11 is 0. The summed E-state index contributed by atoms with van der Waals surface area (Å²) < 4.78 is 19.9. The van der Waals surface area contributed by atoms with Crippen LogP contribution in [-0.4, -0.2) is 90.2 Å². The second-order valence-electron chi connectivity index (χ2n) is 9.57. The first kappa shape index (κ1) is 26.6. The number of benzene rings is 1. The molecule has 3 rings (SSSR count). The number of aliphatic hydroxyl groups is 1. The fourth-order valence-electron chi connectivity index (χ4n) is 4.01. The zero-order valence-corrected chi connectivity index (χ0v) is 21.2. The van der Waals surface area contributed by atoms with Gasteiger partial charge in [-0.3, -0.25) is 14.6 Å². The van der Waals surface area contributed by atoms with Crippen molar-refractivity contribution in [3.05, 3.63) is 59.0 Å². The van der Waals surface area contributed by atoms with Crippen LogP contribution in [0.3, 0.4) is 0 Å². The molecule has 8 heteroatoms. The van der Waals surface area contributed by atoms with Crippen molar-refractivity contribution < 1.29 is 19.0 Å². The Balaban J connectivity index is 1.89. The maximum atomic E-state index is 13.6. The average molecular weight is 483 g/mol. The third-order valence-electron chi connectivity index (χ3n) is 5.98. The summed E-state index contributed by atoms with van der Waals surface area (Å²) in [6, 6.07) is 7.91. The molecule has 1 aliphatic rings. The van der Waals surface area contributed by atoms with E-state index >= 15 is 0 Å². The van der Waals surface area contributed by atoms with Gasteiger partial charge in [-0.1, -0.05) is 30.9 Å². The fraction of sp³-hybridized carbons (Fsp3) is 0.481. The van der Waals surface area contributed by atoms with Crippen LogP contribution in [0, 0.1) is 23.6 Å². The van der Waals surface area contributed by atoms with Crippen LogP contribution in [0.2, 0.25) is 0 Å². The largest absolute Gasteiger partial charge is 0.472 e. The molecule has 0 bridgehead atoms. The van der Waals surface area contributed by atoms with E-state index in [2.05, 4.69) is 21.7 Å². The first-order valence-corrected chi connectivity index (χ1v) is 11.8. The molecular weight excluding hydrogens is 447 g/mol. The molecule has 2 heterocycles. The number of pyridine rings is 1. The Kier molecular flexibility index (Phi) is 9.21. The van der Waals surface area contributed by atoms with Crippen LogP contribution in [0.25, 0.3) is 0 Å². The quantitative estimate of drug-likeness (QED) is 0.612. The Labute approximate surface area is 207 Å². The number of hydrogen-bond acceptors (Lipinski definition) is 6. The van der Waals surface area contributed by atoms with Gasteiger partial charge >= 0.3 is 0 Å². The number of amides is 1. The summed E-state index contributed by atoms with van der Waals surface area (Å²) in [6.07, 6.45) is 1.35. The van der Waals surface area contributed by atoms with E-state index in [1.54, 1.807) is 23.2 Å². The van der Waals surface area contributed by atoms with Crippen LogP contribution >= 0.6 is 0 Å². The molecule has 0 aliphatic carbocycles. The van der Waals surface area contributed by atoms with Gasteiger partial charge in [0.25, 0.3) is 5.91 Å². The normalized spacial score (nSPS) is 18.9. The van der Waals surface area contributed by atoms with Crippen LogP contribution in [0.5, 0.6) is 5.88 Å². The molecule has 0 saturated carbocycles. The van der Waals surface area contributed by atoms with Gasteiger partial charge in [0.15, 0.2) is 0 Å². The van der Waals surface area contributed by atoms with Crippen LogP contribution in [0.1, 0.15) is 35.3 Å². The highest BCUT2D eigenvalue weighted by atomic mass is 19.1. The molecule has 1 aliphatic heterocycles. The number of aromatic nitrogens is 1. The van der Waals surface area contributed by atoms with Crippen LogP contribution in [-0.2, 0) is 6.54 Å². The fourth-order valence-corrected chi connectivity index (χ4v) is 4.01. The third kappa shape index (κ3) is 7.25. The van der Waals surface area contributed by atoms with Gasteiger partial charge in [0.1, 0.15) is 17.5 Å². The molecule has 1 aromatic carbocycles. The first-order valence-electron chi connectivity index (χ1n) is 11.8. The Hall–Kier alpha value is -2.99. The van der Waals surface area contributed by atoms with Crippen molar-refractivity contribution in [1.82, 2.24) is 19.7 Å². The predicted octanol–water partition coefficient (Wildman–Crippen LogP) is 2.49. The molecule has 1 aromatic heterocycles. The number of ether oxygens (including phenoxy) is 1. The number of carbonyl (C=O) groups excluding carboxylic acids is 1. The number of likely N-dealkylation sites (N-methyl/N-ethyl adjacent to an activating group) is 1. The lowest BCUT2D eigenvalue weighted by molar-refractivity contribution is 0.0325. The van der Waals surface area contributed by atoms with E-state index in [4.69, 9.17) is 4.74 Å². The molecule has 7 nitrogen and oxygen atoms in total. The molecule has 1 N–H and O–H groups in total. The molecule has 3 atom stereocenters. The minimum atomic E-state index is -0.356. The monoisotopic (exact) mass is 482 g/mol. The lowest BCUT2D eigenvalue weighted by Gasteiger charge is -2.37. The number of fused-ring (bicyclic) bond motifs is 1. The molecule has 0 saturated heterocycles. The SMILES string of the molecule is C[C@H]1CN([C@@H](C)CO)C(=O)c2cc(C#CCN(C)C)cnc2O[C@@H]1CN(C)Cc1cccc(F)c1. The van der Waals surface area contributed by atoms with Gasteiger partial charge in [-0.2, -0.15) is 0 Å². The minimum Gasteiger partial charge on any atom is -0.472 e. The van der Waals surface area contributed by atoms with Gasteiger partial charge in [0.05, 0.1) is 19.2 Å². The van der Waals surface area contributed by atoms with E-state index in [1.165, 1.54) is 12.1 Å². The highest BCUT2D eigenvalue weighted by Gasteiger charge is 2.34. The summed E-state index contributed by atoms with van der Waals surface area (Å²) in [6.45, 7) is 5.83. The molecule has 35 heavy (non-hydrogen) atoms.